The molecule has 1 amide bonds. The second kappa shape index (κ2) is 8.96. The van der Waals surface area contributed by atoms with Crippen molar-refractivity contribution >= 4 is 28.9 Å². The number of amides is 1. The minimum Gasteiger partial charge on any atom is -0.497 e. The number of nitriles is 1. The van der Waals surface area contributed by atoms with E-state index in [-0.39, 0.29) is 11.9 Å². The lowest BCUT2D eigenvalue weighted by Crippen LogP contribution is -2.52. The number of hydrogen-bond acceptors (Lipinski definition) is 5. The molecule has 0 radical (unpaired) electrons. The van der Waals surface area contributed by atoms with Crippen molar-refractivity contribution in [1.82, 2.24) is 4.90 Å². The SMILES string of the molecule is COc1cccc(N2CCN(C(C)C(=O)Nc3ccc(C#N)c(Cl)c3)CC2)c1. The zero-order chi connectivity index (χ0) is 20.1. The molecule has 2 aromatic rings. The van der Waals surface area contributed by atoms with Crippen LogP contribution in [0.25, 0.3) is 0 Å². The van der Waals surface area contributed by atoms with Gasteiger partial charge in [-0.05, 0) is 37.3 Å². The summed E-state index contributed by atoms with van der Waals surface area (Å²) in [7, 11) is 1.67. The monoisotopic (exact) mass is 398 g/mol. The van der Waals surface area contributed by atoms with Crippen LogP contribution in [0.15, 0.2) is 42.5 Å². The zero-order valence-corrected chi connectivity index (χ0v) is 16.7. The normalized spacial score (nSPS) is 15.6. The number of ether oxygens (including phenoxy) is 1. The third-order valence-electron chi connectivity index (χ3n) is 5.02. The molecule has 1 atom stereocenters. The van der Waals surface area contributed by atoms with Gasteiger partial charge in [0.05, 0.1) is 23.7 Å². The fraction of sp³-hybridized carbons (Fsp3) is 0.333. The Kier molecular flexibility index (Phi) is 6.40. The average Bonchev–Trinajstić information content (AvgIpc) is 2.73. The molecule has 146 valence electrons. The highest BCUT2D eigenvalue weighted by Crippen LogP contribution is 2.23. The van der Waals surface area contributed by atoms with Gasteiger partial charge in [0.25, 0.3) is 0 Å². The highest BCUT2D eigenvalue weighted by Gasteiger charge is 2.26. The summed E-state index contributed by atoms with van der Waals surface area (Å²) in [5, 5.41) is 12.2. The minimum absolute atomic E-state index is 0.0874. The molecule has 2 aromatic carbocycles. The number of nitrogens with one attached hydrogen (secondary N) is 1. The molecule has 0 saturated carbocycles. The Morgan fingerprint density at radius 1 is 1.21 bits per heavy atom. The van der Waals surface area contributed by atoms with Crippen molar-refractivity contribution in [3.8, 4) is 11.8 Å². The molecule has 1 aliphatic rings. The maximum atomic E-state index is 12.6. The summed E-state index contributed by atoms with van der Waals surface area (Å²) in [6.45, 7) is 5.17. The second-order valence-corrected chi connectivity index (χ2v) is 7.10. The molecular weight excluding hydrogens is 376 g/mol. The number of nitrogens with zero attached hydrogens (tertiary/aromatic N) is 3. The number of carbonyl (C=O) groups excluding carboxylic acids is 1. The molecule has 0 bridgehead atoms. The van der Waals surface area contributed by atoms with Gasteiger partial charge in [-0.25, -0.2) is 0 Å². The van der Waals surface area contributed by atoms with E-state index in [1.807, 2.05) is 31.2 Å². The number of methoxy groups -OCH3 is 1. The lowest BCUT2D eigenvalue weighted by atomic mass is 10.1. The number of benzene rings is 2. The van der Waals surface area contributed by atoms with Gasteiger partial charge in [-0.2, -0.15) is 5.26 Å². The van der Waals surface area contributed by atoms with E-state index in [1.165, 1.54) is 0 Å². The Bertz CT molecular complexity index is 888. The van der Waals surface area contributed by atoms with Crippen molar-refractivity contribution in [3.63, 3.8) is 0 Å². The highest BCUT2D eigenvalue weighted by molar-refractivity contribution is 6.32. The Labute approximate surface area is 170 Å². The summed E-state index contributed by atoms with van der Waals surface area (Å²) in [6.07, 6.45) is 0. The molecule has 0 aromatic heterocycles. The summed E-state index contributed by atoms with van der Waals surface area (Å²) in [6, 6.07) is 14.7. The van der Waals surface area contributed by atoms with Crippen LogP contribution in [-0.2, 0) is 4.79 Å². The van der Waals surface area contributed by atoms with Crippen molar-refractivity contribution in [2.75, 3.05) is 43.5 Å². The predicted octanol–water partition coefficient (Wildman–Crippen LogP) is 3.37. The van der Waals surface area contributed by atoms with Crippen LogP contribution in [0.3, 0.4) is 0 Å². The Hall–Kier alpha value is -2.75. The molecule has 1 unspecified atom stereocenters. The molecule has 7 heteroatoms. The zero-order valence-electron chi connectivity index (χ0n) is 16.0. The summed E-state index contributed by atoms with van der Waals surface area (Å²) in [5.41, 5.74) is 2.11. The average molecular weight is 399 g/mol. The van der Waals surface area contributed by atoms with Gasteiger partial charge in [0.2, 0.25) is 5.91 Å². The number of rotatable bonds is 5. The molecule has 3 rings (SSSR count). The molecule has 1 N–H and O–H groups in total. The fourth-order valence-corrected chi connectivity index (χ4v) is 3.49. The van der Waals surface area contributed by atoms with Crippen LogP contribution in [0.5, 0.6) is 5.75 Å². The Balaban J connectivity index is 1.57. The van der Waals surface area contributed by atoms with Gasteiger partial charge in [0.1, 0.15) is 11.8 Å². The number of halogens is 1. The number of carbonyl (C=O) groups is 1. The van der Waals surface area contributed by atoms with Gasteiger partial charge in [-0.15, -0.1) is 0 Å². The molecule has 1 fully saturated rings. The summed E-state index contributed by atoms with van der Waals surface area (Å²) in [4.78, 5) is 17.1. The van der Waals surface area contributed by atoms with Crippen molar-refractivity contribution in [2.45, 2.75) is 13.0 Å². The van der Waals surface area contributed by atoms with E-state index in [1.54, 1.807) is 25.3 Å². The first-order chi connectivity index (χ1) is 13.5. The number of anilines is 2. The quantitative estimate of drug-likeness (QED) is 0.836. The van der Waals surface area contributed by atoms with Crippen molar-refractivity contribution < 1.29 is 9.53 Å². The van der Waals surface area contributed by atoms with Crippen LogP contribution in [0, 0.1) is 11.3 Å². The third kappa shape index (κ3) is 4.56. The van der Waals surface area contributed by atoms with E-state index < -0.39 is 0 Å². The van der Waals surface area contributed by atoms with Crippen LogP contribution in [0.2, 0.25) is 5.02 Å². The van der Waals surface area contributed by atoms with Crippen LogP contribution in [0.1, 0.15) is 12.5 Å². The smallest absolute Gasteiger partial charge is 0.241 e. The third-order valence-corrected chi connectivity index (χ3v) is 5.33. The van der Waals surface area contributed by atoms with Crippen LogP contribution >= 0.6 is 11.6 Å². The van der Waals surface area contributed by atoms with E-state index in [9.17, 15) is 4.79 Å². The molecule has 0 spiro atoms. The highest BCUT2D eigenvalue weighted by atomic mass is 35.5. The lowest BCUT2D eigenvalue weighted by molar-refractivity contribution is -0.120. The Morgan fingerprint density at radius 3 is 2.61 bits per heavy atom. The van der Waals surface area contributed by atoms with E-state index in [0.717, 1.165) is 37.6 Å². The lowest BCUT2D eigenvalue weighted by Gasteiger charge is -2.38. The fourth-order valence-electron chi connectivity index (χ4n) is 3.27. The van der Waals surface area contributed by atoms with Crippen LogP contribution in [-0.4, -0.2) is 50.1 Å². The summed E-state index contributed by atoms with van der Waals surface area (Å²) >= 11 is 6.04. The van der Waals surface area contributed by atoms with Gasteiger partial charge >= 0.3 is 0 Å². The maximum Gasteiger partial charge on any atom is 0.241 e. The standard InChI is InChI=1S/C21H23ClN4O2/c1-15(21(27)24-17-7-6-16(14-23)20(22)12-17)25-8-10-26(11-9-25)18-4-3-5-19(13-18)28-2/h3-7,12-13,15H,8-11H2,1-2H3,(H,24,27). The van der Waals surface area contributed by atoms with Crippen LogP contribution in [0.4, 0.5) is 11.4 Å². The summed E-state index contributed by atoms with van der Waals surface area (Å²) < 4.78 is 5.30. The largest absolute Gasteiger partial charge is 0.497 e. The molecule has 1 saturated heterocycles. The number of piperazine rings is 1. The van der Waals surface area contributed by atoms with E-state index >= 15 is 0 Å². The van der Waals surface area contributed by atoms with E-state index in [2.05, 4.69) is 21.2 Å². The van der Waals surface area contributed by atoms with E-state index in [0.29, 0.717) is 16.3 Å². The van der Waals surface area contributed by atoms with Crippen LogP contribution < -0.4 is 15.0 Å². The van der Waals surface area contributed by atoms with Gasteiger partial charge < -0.3 is 15.0 Å². The first-order valence-electron chi connectivity index (χ1n) is 9.15. The van der Waals surface area contributed by atoms with Crippen molar-refractivity contribution in [3.05, 3.63) is 53.1 Å². The van der Waals surface area contributed by atoms with Crippen molar-refractivity contribution in [2.24, 2.45) is 0 Å². The molecule has 28 heavy (non-hydrogen) atoms. The first kappa shape index (κ1) is 20.0. The molecule has 1 aliphatic heterocycles. The summed E-state index contributed by atoms with van der Waals surface area (Å²) in [5.74, 6) is 0.754. The van der Waals surface area contributed by atoms with Gasteiger partial charge in [0, 0.05) is 43.6 Å². The van der Waals surface area contributed by atoms with Crippen molar-refractivity contribution in [1.29, 1.82) is 5.26 Å². The second-order valence-electron chi connectivity index (χ2n) is 6.70. The van der Waals surface area contributed by atoms with Gasteiger partial charge in [-0.1, -0.05) is 17.7 Å². The minimum atomic E-state index is -0.262. The van der Waals surface area contributed by atoms with E-state index in [4.69, 9.17) is 21.6 Å². The molecule has 0 aliphatic carbocycles. The topological polar surface area (TPSA) is 68.6 Å². The molecule has 1 heterocycles. The number of hydrogen-bond donors (Lipinski definition) is 1. The van der Waals surface area contributed by atoms with Gasteiger partial charge in [-0.3, -0.25) is 9.69 Å². The van der Waals surface area contributed by atoms with Gasteiger partial charge in [0.15, 0.2) is 0 Å². The predicted molar refractivity (Wildman–Crippen MR) is 111 cm³/mol. The molecular formula is C21H23ClN4O2. The Morgan fingerprint density at radius 2 is 1.96 bits per heavy atom. The first-order valence-corrected chi connectivity index (χ1v) is 9.53. The molecule has 6 nitrogen and oxygen atoms in total. The maximum absolute atomic E-state index is 12.6.